The maximum absolute atomic E-state index is 12.4. The molecule has 3 heteroatoms. The van der Waals surface area contributed by atoms with Crippen molar-refractivity contribution in [3.63, 3.8) is 0 Å². The van der Waals surface area contributed by atoms with Crippen molar-refractivity contribution in [1.29, 1.82) is 0 Å². The van der Waals surface area contributed by atoms with Gasteiger partial charge in [-0.15, -0.1) is 0 Å². The molecule has 0 unspecified atom stereocenters. The number of benzene rings is 1. The Kier molecular flexibility index (Phi) is 5.49. The number of nitrogens with zero attached hydrogens (tertiary/aromatic N) is 2. The molecular formula is C19H28N2O. The highest BCUT2D eigenvalue weighted by molar-refractivity contribution is 5.78. The van der Waals surface area contributed by atoms with E-state index in [9.17, 15) is 4.79 Å². The molecule has 22 heavy (non-hydrogen) atoms. The van der Waals surface area contributed by atoms with Crippen LogP contribution in [-0.4, -0.2) is 47.9 Å². The van der Waals surface area contributed by atoms with Crippen LogP contribution in [0.5, 0.6) is 0 Å². The van der Waals surface area contributed by atoms with Crippen molar-refractivity contribution in [3.8, 4) is 0 Å². The monoisotopic (exact) mass is 300 g/mol. The van der Waals surface area contributed by atoms with Crippen molar-refractivity contribution in [2.75, 3.05) is 26.2 Å². The van der Waals surface area contributed by atoms with Crippen LogP contribution >= 0.6 is 0 Å². The summed E-state index contributed by atoms with van der Waals surface area (Å²) < 4.78 is 0. The van der Waals surface area contributed by atoms with Crippen molar-refractivity contribution in [2.45, 2.75) is 51.0 Å². The number of carbonyl (C=O) groups is 1. The molecule has 0 aromatic heterocycles. The summed E-state index contributed by atoms with van der Waals surface area (Å²) in [4.78, 5) is 17.2. The van der Waals surface area contributed by atoms with Gasteiger partial charge in [0.15, 0.2) is 0 Å². The van der Waals surface area contributed by atoms with E-state index < -0.39 is 0 Å². The van der Waals surface area contributed by atoms with Gasteiger partial charge in [-0.3, -0.25) is 4.79 Å². The van der Waals surface area contributed by atoms with Crippen LogP contribution in [0, 0.1) is 0 Å². The largest absolute Gasteiger partial charge is 0.342 e. The second-order valence-corrected chi connectivity index (χ2v) is 6.72. The van der Waals surface area contributed by atoms with Crippen molar-refractivity contribution >= 4 is 5.91 Å². The van der Waals surface area contributed by atoms with Crippen LogP contribution in [0.1, 0.15) is 44.1 Å². The second-order valence-electron chi connectivity index (χ2n) is 6.72. The molecular weight excluding hydrogens is 272 g/mol. The lowest BCUT2D eigenvalue weighted by molar-refractivity contribution is -0.132. The molecule has 0 N–H and O–H groups in total. The van der Waals surface area contributed by atoms with E-state index in [0.29, 0.717) is 18.4 Å². The van der Waals surface area contributed by atoms with E-state index in [4.69, 9.17) is 0 Å². The molecule has 0 atom stereocenters. The third-order valence-corrected chi connectivity index (χ3v) is 5.17. The zero-order chi connectivity index (χ0) is 15.2. The first-order valence-corrected chi connectivity index (χ1v) is 8.89. The van der Waals surface area contributed by atoms with Gasteiger partial charge in [0, 0.05) is 19.1 Å². The fraction of sp³-hybridized carbons (Fsp3) is 0.632. The van der Waals surface area contributed by atoms with Gasteiger partial charge >= 0.3 is 0 Å². The van der Waals surface area contributed by atoms with Gasteiger partial charge in [-0.2, -0.15) is 0 Å². The third-order valence-electron chi connectivity index (χ3n) is 5.17. The summed E-state index contributed by atoms with van der Waals surface area (Å²) in [5, 5.41) is 0. The normalized spacial score (nSPS) is 21.5. The van der Waals surface area contributed by atoms with E-state index in [1.165, 1.54) is 38.8 Å². The average Bonchev–Trinajstić information content (AvgIpc) is 2.85. The van der Waals surface area contributed by atoms with E-state index in [-0.39, 0.29) is 0 Å². The highest BCUT2D eigenvalue weighted by Gasteiger charge is 2.27. The molecule has 0 radical (unpaired) electrons. The molecule has 2 aliphatic rings. The predicted molar refractivity (Wildman–Crippen MR) is 89.8 cm³/mol. The van der Waals surface area contributed by atoms with Crippen molar-refractivity contribution in [2.24, 2.45) is 0 Å². The van der Waals surface area contributed by atoms with Crippen LogP contribution in [0.3, 0.4) is 0 Å². The summed E-state index contributed by atoms with van der Waals surface area (Å²) >= 11 is 0. The number of piperidine rings is 1. The van der Waals surface area contributed by atoms with Crippen molar-refractivity contribution < 1.29 is 4.79 Å². The Morgan fingerprint density at radius 3 is 2.18 bits per heavy atom. The van der Waals surface area contributed by atoms with Crippen LogP contribution in [0.15, 0.2) is 30.3 Å². The van der Waals surface area contributed by atoms with Crippen molar-refractivity contribution in [3.05, 3.63) is 35.9 Å². The number of hydrogen-bond donors (Lipinski definition) is 0. The number of hydrogen-bond acceptors (Lipinski definition) is 2. The fourth-order valence-corrected chi connectivity index (χ4v) is 3.82. The minimum Gasteiger partial charge on any atom is -0.342 e. The van der Waals surface area contributed by atoms with E-state index in [1.807, 2.05) is 30.3 Å². The molecule has 1 aromatic carbocycles. The SMILES string of the molecule is O=C(Cc1ccccc1)N1CCC(N2CCCCCC2)CC1. The Morgan fingerprint density at radius 2 is 1.55 bits per heavy atom. The number of amides is 1. The molecule has 0 saturated carbocycles. The molecule has 0 spiro atoms. The van der Waals surface area contributed by atoms with Gasteiger partial charge in [-0.05, 0) is 44.3 Å². The van der Waals surface area contributed by atoms with Gasteiger partial charge in [0.05, 0.1) is 6.42 Å². The molecule has 2 fully saturated rings. The molecule has 120 valence electrons. The Labute approximate surface area is 134 Å². The Bertz CT molecular complexity index is 458. The van der Waals surface area contributed by atoms with Gasteiger partial charge in [0.2, 0.25) is 5.91 Å². The molecule has 3 rings (SSSR count). The Morgan fingerprint density at radius 1 is 0.909 bits per heavy atom. The first-order valence-electron chi connectivity index (χ1n) is 8.89. The van der Waals surface area contributed by atoms with Gasteiger partial charge in [0.25, 0.3) is 0 Å². The van der Waals surface area contributed by atoms with Gasteiger partial charge in [-0.25, -0.2) is 0 Å². The summed E-state index contributed by atoms with van der Waals surface area (Å²) in [6.45, 7) is 4.41. The van der Waals surface area contributed by atoms with E-state index >= 15 is 0 Å². The fourth-order valence-electron chi connectivity index (χ4n) is 3.82. The zero-order valence-electron chi connectivity index (χ0n) is 13.5. The lowest BCUT2D eigenvalue weighted by Gasteiger charge is -2.38. The lowest BCUT2D eigenvalue weighted by Crippen LogP contribution is -2.47. The van der Waals surface area contributed by atoms with Crippen molar-refractivity contribution in [1.82, 2.24) is 9.80 Å². The summed E-state index contributed by atoms with van der Waals surface area (Å²) in [6, 6.07) is 10.8. The van der Waals surface area contributed by atoms with Gasteiger partial charge in [-0.1, -0.05) is 43.2 Å². The first-order chi connectivity index (χ1) is 10.8. The third kappa shape index (κ3) is 4.10. The summed E-state index contributed by atoms with van der Waals surface area (Å²) in [5.74, 6) is 0.292. The highest BCUT2D eigenvalue weighted by atomic mass is 16.2. The topological polar surface area (TPSA) is 23.6 Å². The quantitative estimate of drug-likeness (QED) is 0.856. The standard InChI is InChI=1S/C19H28N2O/c22-19(16-17-8-4-3-5-9-17)21-14-10-18(11-15-21)20-12-6-1-2-7-13-20/h3-5,8-9,18H,1-2,6-7,10-16H2. The summed E-state index contributed by atoms with van der Waals surface area (Å²) in [5.41, 5.74) is 1.13. The van der Waals surface area contributed by atoms with Crippen LogP contribution < -0.4 is 0 Å². The molecule has 2 saturated heterocycles. The Balaban J connectivity index is 1.47. The molecule has 1 amide bonds. The molecule has 2 heterocycles. The summed E-state index contributed by atoms with van der Waals surface area (Å²) in [7, 11) is 0. The zero-order valence-corrected chi connectivity index (χ0v) is 13.5. The maximum atomic E-state index is 12.4. The number of carbonyl (C=O) groups excluding carboxylic acids is 1. The average molecular weight is 300 g/mol. The van der Waals surface area contributed by atoms with Crippen LogP contribution in [-0.2, 0) is 11.2 Å². The molecule has 2 aliphatic heterocycles. The molecule has 3 nitrogen and oxygen atoms in total. The van der Waals surface area contributed by atoms with Gasteiger partial charge in [0.1, 0.15) is 0 Å². The van der Waals surface area contributed by atoms with Crippen LogP contribution in [0.4, 0.5) is 0 Å². The predicted octanol–water partition coefficient (Wildman–Crippen LogP) is 3.10. The van der Waals surface area contributed by atoms with E-state index in [1.54, 1.807) is 0 Å². The number of likely N-dealkylation sites (tertiary alicyclic amines) is 2. The summed E-state index contributed by atoms with van der Waals surface area (Å²) in [6.07, 6.45) is 8.35. The van der Waals surface area contributed by atoms with Crippen LogP contribution in [0.2, 0.25) is 0 Å². The molecule has 0 aliphatic carbocycles. The Hall–Kier alpha value is -1.35. The highest BCUT2D eigenvalue weighted by Crippen LogP contribution is 2.21. The first kappa shape index (κ1) is 15.5. The second kappa shape index (κ2) is 7.77. The smallest absolute Gasteiger partial charge is 0.226 e. The van der Waals surface area contributed by atoms with Gasteiger partial charge < -0.3 is 9.80 Å². The molecule has 0 bridgehead atoms. The molecule has 1 aromatic rings. The minimum absolute atomic E-state index is 0.292. The maximum Gasteiger partial charge on any atom is 0.226 e. The number of rotatable bonds is 3. The van der Waals surface area contributed by atoms with E-state index in [0.717, 1.165) is 31.5 Å². The van der Waals surface area contributed by atoms with E-state index in [2.05, 4.69) is 9.80 Å². The minimum atomic E-state index is 0.292. The lowest BCUT2D eigenvalue weighted by atomic mass is 10.0. The van der Waals surface area contributed by atoms with Crippen LogP contribution in [0.25, 0.3) is 0 Å².